The van der Waals surface area contributed by atoms with Crippen molar-refractivity contribution in [3.05, 3.63) is 71.3 Å². The number of hydrogen-bond acceptors (Lipinski definition) is 2. The molecule has 1 aliphatic heterocycles. The molecule has 0 saturated heterocycles. The molecule has 4 nitrogen and oxygen atoms in total. The highest BCUT2D eigenvalue weighted by Gasteiger charge is 2.22. The second-order valence-electron chi connectivity index (χ2n) is 6.35. The SMILES string of the molecule is CC1/C=C\c2ccccc2CN(C(=O)CCC(N)=O)c2ccccc21. The van der Waals surface area contributed by atoms with E-state index in [1.54, 1.807) is 4.90 Å². The van der Waals surface area contributed by atoms with Crippen LogP contribution in [0.3, 0.4) is 0 Å². The van der Waals surface area contributed by atoms with Crippen molar-refractivity contribution in [2.75, 3.05) is 4.90 Å². The third kappa shape index (κ3) is 3.79. The highest BCUT2D eigenvalue weighted by Crippen LogP contribution is 2.33. The number of rotatable bonds is 3. The summed E-state index contributed by atoms with van der Waals surface area (Å²) in [5, 5.41) is 0. The molecule has 4 heteroatoms. The van der Waals surface area contributed by atoms with E-state index in [2.05, 4.69) is 31.2 Å². The molecule has 0 aliphatic carbocycles. The first kappa shape index (κ1) is 17.0. The second kappa shape index (κ2) is 7.34. The Hall–Kier alpha value is -2.88. The molecule has 1 heterocycles. The van der Waals surface area contributed by atoms with Crippen LogP contribution in [0.25, 0.3) is 6.08 Å². The molecule has 0 aromatic heterocycles. The topological polar surface area (TPSA) is 63.4 Å². The smallest absolute Gasteiger partial charge is 0.227 e. The maximum absolute atomic E-state index is 12.9. The van der Waals surface area contributed by atoms with Crippen molar-refractivity contribution in [3.8, 4) is 0 Å². The molecule has 1 aliphatic rings. The Morgan fingerprint density at radius 1 is 1.08 bits per heavy atom. The van der Waals surface area contributed by atoms with E-state index in [1.165, 1.54) is 0 Å². The number of nitrogens with two attached hydrogens (primary N) is 1. The zero-order chi connectivity index (χ0) is 17.8. The van der Waals surface area contributed by atoms with E-state index in [4.69, 9.17) is 5.73 Å². The molecule has 0 bridgehead atoms. The fourth-order valence-corrected chi connectivity index (χ4v) is 3.15. The van der Waals surface area contributed by atoms with Crippen molar-refractivity contribution in [2.24, 2.45) is 5.73 Å². The number of carbonyl (C=O) groups is 2. The van der Waals surface area contributed by atoms with Gasteiger partial charge >= 0.3 is 0 Å². The van der Waals surface area contributed by atoms with Crippen LogP contribution in [0.15, 0.2) is 54.6 Å². The number of fused-ring (bicyclic) bond motifs is 2. The maximum Gasteiger partial charge on any atom is 0.227 e. The Balaban J connectivity index is 2.07. The van der Waals surface area contributed by atoms with Gasteiger partial charge in [0.25, 0.3) is 0 Å². The average Bonchev–Trinajstić information content (AvgIpc) is 2.68. The maximum atomic E-state index is 12.9. The number of benzene rings is 2. The molecule has 0 saturated carbocycles. The van der Waals surface area contributed by atoms with Crippen LogP contribution < -0.4 is 10.6 Å². The van der Waals surface area contributed by atoms with Gasteiger partial charge in [-0.05, 0) is 22.8 Å². The molecule has 2 aromatic rings. The molecule has 0 fully saturated rings. The number of anilines is 1. The van der Waals surface area contributed by atoms with Gasteiger partial charge in [0.1, 0.15) is 0 Å². The molecule has 25 heavy (non-hydrogen) atoms. The van der Waals surface area contributed by atoms with Gasteiger partial charge in [-0.25, -0.2) is 0 Å². The lowest BCUT2D eigenvalue weighted by Gasteiger charge is -2.26. The van der Waals surface area contributed by atoms with E-state index in [0.717, 1.165) is 22.4 Å². The van der Waals surface area contributed by atoms with Crippen molar-refractivity contribution in [2.45, 2.75) is 32.2 Å². The van der Waals surface area contributed by atoms with Crippen LogP contribution in [0.4, 0.5) is 5.69 Å². The van der Waals surface area contributed by atoms with Crippen molar-refractivity contribution >= 4 is 23.6 Å². The Labute approximate surface area is 148 Å². The minimum atomic E-state index is -0.457. The van der Waals surface area contributed by atoms with Gasteiger partial charge in [-0.1, -0.05) is 61.5 Å². The van der Waals surface area contributed by atoms with Gasteiger partial charge in [-0.2, -0.15) is 0 Å². The predicted octanol–water partition coefficient (Wildman–Crippen LogP) is 3.62. The minimum absolute atomic E-state index is 0.0625. The first-order valence-corrected chi connectivity index (χ1v) is 8.50. The number of primary amides is 1. The van der Waals surface area contributed by atoms with Crippen LogP contribution in [0.2, 0.25) is 0 Å². The largest absolute Gasteiger partial charge is 0.370 e. The summed E-state index contributed by atoms with van der Waals surface area (Å²) < 4.78 is 0. The fourth-order valence-electron chi connectivity index (χ4n) is 3.15. The molecule has 1 atom stereocenters. The minimum Gasteiger partial charge on any atom is -0.370 e. The third-order valence-corrected chi connectivity index (χ3v) is 4.55. The standard InChI is InChI=1S/C21H22N2O2/c1-15-10-11-16-6-2-3-7-17(16)14-23(21(25)13-12-20(22)24)19-9-5-4-8-18(15)19/h2-11,15H,12-14H2,1H3,(H2,22,24)/b11-10-. The molecule has 1 unspecified atom stereocenters. The molecule has 3 rings (SSSR count). The van der Waals surface area contributed by atoms with Crippen LogP contribution in [-0.2, 0) is 16.1 Å². The lowest BCUT2D eigenvalue weighted by molar-refractivity contribution is -0.123. The molecule has 128 valence electrons. The van der Waals surface area contributed by atoms with Crippen LogP contribution in [-0.4, -0.2) is 11.8 Å². The summed E-state index contributed by atoms with van der Waals surface area (Å²) in [5.74, 6) is -0.370. The van der Waals surface area contributed by atoms with Gasteiger partial charge in [0.05, 0.1) is 6.54 Å². The monoisotopic (exact) mass is 334 g/mol. The van der Waals surface area contributed by atoms with Crippen LogP contribution in [0, 0.1) is 0 Å². The fraction of sp³-hybridized carbons (Fsp3) is 0.238. The van der Waals surface area contributed by atoms with E-state index in [9.17, 15) is 9.59 Å². The Bertz CT molecular complexity index is 826. The highest BCUT2D eigenvalue weighted by molar-refractivity contribution is 5.96. The molecular formula is C21H22N2O2. The highest BCUT2D eigenvalue weighted by atomic mass is 16.2. The van der Waals surface area contributed by atoms with Gasteiger partial charge in [-0.3, -0.25) is 9.59 Å². The number of nitrogens with zero attached hydrogens (tertiary/aromatic N) is 1. The second-order valence-corrected chi connectivity index (χ2v) is 6.35. The Morgan fingerprint density at radius 3 is 2.60 bits per heavy atom. The summed E-state index contributed by atoms with van der Waals surface area (Å²) in [6.07, 6.45) is 4.46. The number of hydrogen-bond donors (Lipinski definition) is 1. The van der Waals surface area contributed by atoms with E-state index in [0.29, 0.717) is 6.54 Å². The molecule has 0 spiro atoms. The lowest BCUT2D eigenvalue weighted by atomic mass is 9.97. The van der Waals surface area contributed by atoms with Crippen molar-refractivity contribution in [3.63, 3.8) is 0 Å². The summed E-state index contributed by atoms with van der Waals surface area (Å²) in [5.41, 5.74) is 9.40. The van der Waals surface area contributed by atoms with E-state index in [-0.39, 0.29) is 24.7 Å². The van der Waals surface area contributed by atoms with Crippen molar-refractivity contribution in [1.29, 1.82) is 0 Å². The average molecular weight is 334 g/mol. The van der Waals surface area contributed by atoms with E-state index < -0.39 is 5.91 Å². The Kier molecular flexibility index (Phi) is 4.98. The summed E-state index contributed by atoms with van der Waals surface area (Å²) in [6.45, 7) is 2.59. The van der Waals surface area contributed by atoms with Crippen LogP contribution in [0.1, 0.15) is 42.4 Å². The summed E-state index contributed by atoms with van der Waals surface area (Å²) in [4.78, 5) is 25.7. The first-order chi connectivity index (χ1) is 12.1. The lowest BCUT2D eigenvalue weighted by Crippen LogP contribution is -2.32. The van der Waals surface area contributed by atoms with Crippen LogP contribution in [0.5, 0.6) is 0 Å². The normalized spacial score (nSPS) is 17.5. The number of amides is 2. The number of allylic oxidation sites excluding steroid dienone is 1. The molecule has 2 N–H and O–H groups in total. The van der Waals surface area contributed by atoms with E-state index >= 15 is 0 Å². The van der Waals surface area contributed by atoms with Crippen molar-refractivity contribution in [1.82, 2.24) is 0 Å². The van der Waals surface area contributed by atoms with Gasteiger partial charge < -0.3 is 10.6 Å². The summed E-state index contributed by atoms with van der Waals surface area (Å²) in [7, 11) is 0. The molecule has 2 aromatic carbocycles. The summed E-state index contributed by atoms with van der Waals surface area (Å²) >= 11 is 0. The quantitative estimate of drug-likeness (QED) is 0.932. The van der Waals surface area contributed by atoms with Crippen LogP contribution >= 0.6 is 0 Å². The van der Waals surface area contributed by atoms with Gasteiger partial charge in [0.2, 0.25) is 11.8 Å². The number of carbonyl (C=O) groups excluding carboxylic acids is 2. The summed E-state index contributed by atoms with van der Waals surface area (Å²) in [6, 6.07) is 16.0. The Morgan fingerprint density at radius 2 is 1.80 bits per heavy atom. The zero-order valence-electron chi connectivity index (χ0n) is 14.3. The van der Waals surface area contributed by atoms with Gasteiger partial charge in [0.15, 0.2) is 0 Å². The molecule has 0 radical (unpaired) electrons. The van der Waals surface area contributed by atoms with E-state index in [1.807, 2.05) is 36.4 Å². The molecule has 2 amide bonds. The third-order valence-electron chi connectivity index (χ3n) is 4.55. The van der Waals surface area contributed by atoms with Gasteiger partial charge in [-0.15, -0.1) is 0 Å². The first-order valence-electron chi connectivity index (χ1n) is 8.50. The zero-order valence-corrected chi connectivity index (χ0v) is 14.3. The van der Waals surface area contributed by atoms with Crippen molar-refractivity contribution < 1.29 is 9.59 Å². The molecular weight excluding hydrogens is 312 g/mol. The number of para-hydroxylation sites is 1. The predicted molar refractivity (Wildman–Crippen MR) is 100.0 cm³/mol. The van der Waals surface area contributed by atoms with Gasteiger partial charge in [0, 0.05) is 24.4 Å².